The summed E-state index contributed by atoms with van der Waals surface area (Å²) < 4.78 is 20.7. The van der Waals surface area contributed by atoms with E-state index in [4.69, 9.17) is 18.9 Å². The van der Waals surface area contributed by atoms with E-state index < -0.39 is 61.4 Å². The van der Waals surface area contributed by atoms with Crippen molar-refractivity contribution in [1.29, 1.82) is 0 Å². The number of aliphatic hydroxyl groups excluding tert-OH is 6. The van der Waals surface area contributed by atoms with Gasteiger partial charge in [0, 0.05) is 0 Å². The van der Waals surface area contributed by atoms with Crippen molar-refractivity contribution in [3.05, 3.63) is 0 Å². The largest absolute Gasteiger partial charge is 0.387 e. The van der Waals surface area contributed by atoms with Crippen LogP contribution in [0.25, 0.3) is 0 Å². The summed E-state index contributed by atoms with van der Waals surface area (Å²) in [5, 5.41) is 57.8. The molecule has 3 aliphatic heterocycles. The van der Waals surface area contributed by atoms with E-state index in [0.29, 0.717) is 0 Å². The predicted octanol–water partition coefficient (Wildman–Crippen LogP) is -4.35. The summed E-state index contributed by atoms with van der Waals surface area (Å²) in [5.74, 6) is 0. The van der Waals surface area contributed by atoms with Gasteiger partial charge in [-0.1, -0.05) is 0 Å². The molecule has 0 saturated carbocycles. The summed E-state index contributed by atoms with van der Waals surface area (Å²) in [7, 11) is 0. The molecule has 0 aromatic carbocycles. The van der Waals surface area contributed by atoms with Crippen LogP contribution in [0.1, 0.15) is 0 Å². The second-order valence-corrected chi connectivity index (χ2v) is 5.69. The highest BCUT2D eigenvalue weighted by atomic mass is 16.7. The molecule has 3 fully saturated rings. The van der Waals surface area contributed by atoms with Gasteiger partial charge in [-0.05, 0) is 0 Å². The normalized spacial score (nSPS) is 55.4. The molecule has 128 valence electrons. The summed E-state index contributed by atoms with van der Waals surface area (Å²) in [4.78, 5) is 0. The fourth-order valence-corrected chi connectivity index (χ4v) is 2.73. The second kappa shape index (κ2) is 6.24. The molecule has 10 heteroatoms. The standard InChI is InChI=1S/C12H20O10/c13-5-3(21-11(18)8(16)6(5)14)1-20-12-9(17)7(15)10-4(22-12)2-19-10/h3-18H,1-2H2/t3?,4?,5-,6+,7-,8?,9?,10+,11?,12+/m1/s1. The Morgan fingerprint density at radius 1 is 0.818 bits per heavy atom. The summed E-state index contributed by atoms with van der Waals surface area (Å²) in [5.41, 5.74) is 0. The molecule has 3 heterocycles. The van der Waals surface area contributed by atoms with Crippen LogP contribution in [0.2, 0.25) is 0 Å². The van der Waals surface area contributed by atoms with Gasteiger partial charge < -0.3 is 49.6 Å². The predicted molar refractivity (Wildman–Crippen MR) is 65.3 cm³/mol. The van der Waals surface area contributed by atoms with Crippen LogP contribution in [0, 0.1) is 0 Å². The maximum Gasteiger partial charge on any atom is 0.186 e. The first kappa shape index (κ1) is 16.5. The number of fused-ring (bicyclic) bond motifs is 1. The van der Waals surface area contributed by atoms with Gasteiger partial charge in [-0.15, -0.1) is 0 Å². The van der Waals surface area contributed by atoms with Crippen molar-refractivity contribution >= 4 is 0 Å². The highest BCUT2D eigenvalue weighted by molar-refractivity contribution is 4.96. The zero-order valence-corrected chi connectivity index (χ0v) is 11.5. The van der Waals surface area contributed by atoms with E-state index >= 15 is 0 Å². The van der Waals surface area contributed by atoms with Crippen molar-refractivity contribution in [2.24, 2.45) is 0 Å². The van der Waals surface area contributed by atoms with Crippen LogP contribution in [-0.2, 0) is 18.9 Å². The van der Waals surface area contributed by atoms with Gasteiger partial charge in [-0.2, -0.15) is 0 Å². The lowest BCUT2D eigenvalue weighted by Gasteiger charge is -2.48. The van der Waals surface area contributed by atoms with E-state index in [1.165, 1.54) is 0 Å². The molecule has 0 aliphatic carbocycles. The van der Waals surface area contributed by atoms with E-state index in [1.807, 2.05) is 0 Å². The lowest BCUT2D eigenvalue weighted by molar-refractivity contribution is -0.359. The third-order valence-electron chi connectivity index (χ3n) is 4.21. The van der Waals surface area contributed by atoms with Gasteiger partial charge in [0.2, 0.25) is 0 Å². The fraction of sp³-hybridized carbons (Fsp3) is 1.00. The van der Waals surface area contributed by atoms with Crippen LogP contribution in [-0.4, -0.2) is 105 Å². The first-order valence-electron chi connectivity index (χ1n) is 7.02. The van der Waals surface area contributed by atoms with E-state index in [-0.39, 0.29) is 13.2 Å². The highest BCUT2D eigenvalue weighted by Crippen LogP contribution is 2.31. The maximum atomic E-state index is 9.88. The van der Waals surface area contributed by atoms with Crippen LogP contribution >= 0.6 is 0 Å². The van der Waals surface area contributed by atoms with Crippen LogP contribution in [0.5, 0.6) is 0 Å². The minimum absolute atomic E-state index is 0.278. The van der Waals surface area contributed by atoms with Crippen molar-refractivity contribution in [3.8, 4) is 0 Å². The lowest BCUT2D eigenvalue weighted by atomic mass is 9.95. The molecule has 10 atom stereocenters. The first-order chi connectivity index (χ1) is 10.4. The van der Waals surface area contributed by atoms with Gasteiger partial charge in [0.1, 0.15) is 48.8 Å². The summed E-state index contributed by atoms with van der Waals surface area (Å²) in [6.07, 6.45) is -12.1. The Balaban J connectivity index is 1.55. The van der Waals surface area contributed by atoms with Crippen molar-refractivity contribution in [2.45, 2.75) is 61.4 Å². The van der Waals surface area contributed by atoms with Gasteiger partial charge in [0.15, 0.2) is 12.6 Å². The molecular formula is C12H20O10. The van der Waals surface area contributed by atoms with Gasteiger partial charge in [-0.25, -0.2) is 0 Å². The maximum absolute atomic E-state index is 9.88. The van der Waals surface area contributed by atoms with Crippen LogP contribution in [0.4, 0.5) is 0 Å². The fourth-order valence-electron chi connectivity index (χ4n) is 2.73. The Kier molecular flexibility index (Phi) is 4.67. The molecule has 0 aromatic heterocycles. The van der Waals surface area contributed by atoms with E-state index in [9.17, 15) is 30.6 Å². The number of aliphatic hydroxyl groups is 6. The number of hydrogen-bond acceptors (Lipinski definition) is 10. The van der Waals surface area contributed by atoms with Crippen molar-refractivity contribution in [3.63, 3.8) is 0 Å². The molecule has 10 nitrogen and oxygen atoms in total. The van der Waals surface area contributed by atoms with Crippen LogP contribution in [0.15, 0.2) is 0 Å². The minimum Gasteiger partial charge on any atom is -0.387 e. The molecule has 6 N–H and O–H groups in total. The number of ether oxygens (including phenoxy) is 4. The van der Waals surface area contributed by atoms with Gasteiger partial charge in [-0.3, -0.25) is 0 Å². The molecule has 0 bridgehead atoms. The third kappa shape index (κ3) is 2.76. The Morgan fingerprint density at radius 3 is 2.18 bits per heavy atom. The zero-order chi connectivity index (χ0) is 16.0. The topological polar surface area (TPSA) is 158 Å². The smallest absolute Gasteiger partial charge is 0.186 e. The molecule has 0 radical (unpaired) electrons. The Labute approximate surface area is 125 Å². The molecule has 0 spiro atoms. The summed E-state index contributed by atoms with van der Waals surface area (Å²) in [6, 6.07) is 0. The van der Waals surface area contributed by atoms with Crippen LogP contribution < -0.4 is 0 Å². The summed E-state index contributed by atoms with van der Waals surface area (Å²) >= 11 is 0. The lowest BCUT2D eigenvalue weighted by Crippen LogP contribution is -2.66. The second-order valence-electron chi connectivity index (χ2n) is 5.69. The number of rotatable bonds is 3. The minimum atomic E-state index is -1.67. The van der Waals surface area contributed by atoms with Crippen molar-refractivity contribution in [1.82, 2.24) is 0 Å². The van der Waals surface area contributed by atoms with E-state index in [0.717, 1.165) is 0 Å². The Hall–Kier alpha value is -0.400. The van der Waals surface area contributed by atoms with Crippen molar-refractivity contribution in [2.75, 3.05) is 13.2 Å². The first-order valence-corrected chi connectivity index (χ1v) is 7.02. The average Bonchev–Trinajstić information content (AvgIpc) is 2.46. The van der Waals surface area contributed by atoms with Crippen molar-refractivity contribution < 1.29 is 49.6 Å². The molecule has 0 aromatic rings. The molecule has 0 amide bonds. The SMILES string of the molecule is OC1OC(CO[C@H]2OC3CO[C@@H]3[C@H](O)C2O)[C@@H](O)[C@H](O)C1O. The summed E-state index contributed by atoms with van der Waals surface area (Å²) in [6.45, 7) is -0.0465. The highest BCUT2D eigenvalue weighted by Gasteiger charge is 2.51. The Morgan fingerprint density at radius 2 is 1.55 bits per heavy atom. The van der Waals surface area contributed by atoms with Gasteiger partial charge in [0.05, 0.1) is 13.2 Å². The molecule has 3 aliphatic rings. The van der Waals surface area contributed by atoms with Gasteiger partial charge >= 0.3 is 0 Å². The van der Waals surface area contributed by atoms with E-state index in [1.54, 1.807) is 0 Å². The average molecular weight is 324 g/mol. The third-order valence-corrected chi connectivity index (χ3v) is 4.21. The molecule has 3 rings (SSSR count). The molecule has 5 unspecified atom stereocenters. The molecule has 3 saturated heterocycles. The molecular weight excluding hydrogens is 304 g/mol. The zero-order valence-electron chi connectivity index (χ0n) is 11.5. The number of hydrogen-bond donors (Lipinski definition) is 6. The van der Waals surface area contributed by atoms with Crippen LogP contribution in [0.3, 0.4) is 0 Å². The van der Waals surface area contributed by atoms with E-state index in [2.05, 4.69) is 0 Å². The molecule has 22 heavy (non-hydrogen) atoms. The Bertz CT molecular complexity index is 368. The van der Waals surface area contributed by atoms with Gasteiger partial charge in [0.25, 0.3) is 0 Å². The quantitative estimate of drug-likeness (QED) is 0.299. The monoisotopic (exact) mass is 324 g/mol.